The molecule has 0 fully saturated rings. The fraction of sp³-hybridized carbons (Fsp3) is 0.143. The Morgan fingerprint density at radius 1 is 1.43 bits per heavy atom. The first-order valence-electron chi connectivity index (χ1n) is 5.94. The molecule has 0 bridgehead atoms. The minimum atomic E-state index is -0.674. The highest BCUT2D eigenvalue weighted by molar-refractivity contribution is 6.36. The lowest BCUT2D eigenvalue weighted by molar-refractivity contribution is 0.112. The molecule has 1 atom stereocenters. The summed E-state index contributed by atoms with van der Waals surface area (Å²) in [6.45, 7) is 1.64. The maximum absolute atomic E-state index is 13.5. The summed E-state index contributed by atoms with van der Waals surface area (Å²) in [5.41, 5.74) is 6.29. The van der Waals surface area contributed by atoms with Crippen LogP contribution in [0.3, 0.4) is 0 Å². The molecule has 21 heavy (non-hydrogen) atoms. The molecule has 1 heterocycles. The predicted molar refractivity (Wildman–Crippen MR) is 79.5 cm³/mol. The van der Waals surface area contributed by atoms with Gasteiger partial charge in [-0.05, 0) is 25.1 Å². The van der Waals surface area contributed by atoms with Crippen LogP contribution in [-0.2, 0) is 0 Å². The lowest BCUT2D eigenvalue weighted by atomic mass is 10.1. The number of aromatic nitrogens is 1. The van der Waals surface area contributed by atoms with E-state index >= 15 is 0 Å². The molecule has 0 spiro atoms. The van der Waals surface area contributed by atoms with Crippen molar-refractivity contribution in [1.29, 1.82) is 0 Å². The van der Waals surface area contributed by atoms with Crippen molar-refractivity contribution in [2.45, 2.75) is 13.0 Å². The van der Waals surface area contributed by atoms with E-state index in [1.165, 1.54) is 24.4 Å². The molecule has 0 amide bonds. The van der Waals surface area contributed by atoms with Crippen molar-refractivity contribution < 1.29 is 13.9 Å². The maximum atomic E-state index is 13.5. The smallest absolute Gasteiger partial charge is 0.166 e. The van der Waals surface area contributed by atoms with Gasteiger partial charge in [0.1, 0.15) is 11.9 Å². The molecule has 1 unspecified atom stereocenters. The van der Waals surface area contributed by atoms with Gasteiger partial charge in [-0.1, -0.05) is 23.2 Å². The van der Waals surface area contributed by atoms with Gasteiger partial charge in [-0.25, -0.2) is 9.37 Å². The molecule has 0 saturated carbocycles. The number of nitrogens with two attached hydrogens (primary N) is 1. The van der Waals surface area contributed by atoms with Gasteiger partial charge < -0.3 is 10.5 Å². The number of hydrogen-bond acceptors (Lipinski definition) is 4. The topological polar surface area (TPSA) is 65.2 Å². The minimum Gasteiger partial charge on any atom is -0.482 e. The van der Waals surface area contributed by atoms with E-state index in [4.69, 9.17) is 33.7 Å². The van der Waals surface area contributed by atoms with Crippen molar-refractivity contribution in [2.75, 3.05) is 5.73 Å². The summed E-state index contributed by atoms with van der Waals surface area (Å²) < 4.78 is 19.1. The number of hydrogen-bond donors (Lipinski definition) is 1. The van der Waals surface area contributed by atoms with E-state index in [0.29, 0.717) is 17.4 Å². The third-order valence-corrected chi connectivity index (χ3v) is 3.54. The zero-order valence-corrected chi connectivity index (χ0v) is 12.5. The molecule has 110 valence electrons. The zero-order valence-electron chi connectivity index (χ0n) is 10.9. The number of aldehydes is 1. The summed E-state index contributed by atoms with van der Waals surface area (Å²) in [6.07, 6.45) is 1.26. The van der Waals surface area contributed by atoms with Crippen LogP contribution in [0, 0.1) is 5.82 Å². The molecule has 7 heteroatoms. The summed E-state index contributed by atoms with van der Waals surface area (Å²) in [5, 5.41) is 0.153. The third-order valence-electron chi connectivity index (χ3n) is 2.83. The molecule has 1 aromatic carbocycles. The number of carbonyl (C=O) groups is 1. The van der Waals surface area contributed by atoms with E-state index in [1.54, 1.807) is 6.92 Å². The van der Waals surface area contributed by atoms with E-state index in [0.717, 1.165) is 0 Å². The highest BCUT2D eigenvalue weighted by Gasteiger charge is 2.19. The van der Waals surface area contributed by atoms with Crippen LogP contribution in [0.25, 0.3) is 0 Å². The number of rotatable bonds is 4. The number of carbonyl (C=O) groups excluding carboxylic acids is 1. The Balaban J connectivity index is 2.36. The van der Waals surface area contributed by atoms with Crippen LogP contribution < -0.4 is 10.5 Å². The van der Waals surface area contributed by atoms with Crippen LogP contribution in [0.15, 0.2) is 24.4 Å². The fourth-order valence-corrected chi connectivity index (χ4v) is 2.47. The Morgan fingerprint density at radius 2 is 2.14 bits per heavy atom. The Kier molecular flexibility index (Phi) is 4.65. The van der Waals surface area contributed by atoms with Crippen LogP contribution in [0.1, 0.15) is 28.9 Å². The number of halogens is 3. The number of nitrogens with zero attached hydrogens (tertiary/aromatic N) is 1. The van der Waals surface area contributed by atoms with Crippen LogP contribution in [-0.4, -0.2) is 11.3 Å². The van der Waals surface area contributed by atoms with Crippen LogP contribution in [0.4, 0.5) is 10.2 Å². The summed E-state index contributed by atoms with van der Waals surface area (Å²) in [6, 6.07) is 4.00. The second kappa shape index (κ2) is 6.28. The lowest BCUT2D eigenvalue weighted by Gasteiger charge is -2.18. The normalized spacial score (nSPS) is 12.0. The van der Waals surface area contributed by atoms with E-state index in [2.05, 4.69) is 4.98 Å². The average molecular weight is 329 g/mol. The Bertz CT molecular complexity index is 695. The van der Waals surface area contributed by atoms with Crippen molar-refractivity contribution in [1.82, 2.24) is 4.98 Å². The summed E-state index contributed by atoms with van der Waals surface area (Å²) in [7, 11) is 0. The molecule has 2 rings (SSSR count). The van der Waals surface area contributed by atoms with Gasteiger partial charge in [0, 0.05) is 22.3 Å². The molecule has 0 aliphatic carbocycles. The van der Waals surface area contributed by atoms with Gasteiger partial charge >= 0.3 is 0 Å². The molecule has 2 aromatic rings. The van der Waals surface area contributed by atoms with Crippen LogP contribution in [0.5, 0.6) is 5.75 Å². The first-order valence-corrected chi connectivity index (χ1v) is 6.70. The summed E-state index contributed by atoms with van der Waals surface area (Å²) >= 11 is 11.9. The Labute approximate surface area is 130 Å². The van der Waals surface area contributed by atoms with Gasteiger partial charge in [0.15, 0.2) is 17.9 Å². The number of ether oxygens (including phenoxy) is 1. The maximum Gasteiger partial charge on any atom is 0.166 e. The monoisotopic (exact) mass is 328 g/mol. The highest BCUT2D eigenvalue weighted by Crippen LogP contribution is 2.35. The van der Waals surface area contributed by atoms with Gasteiger partial charge in [-0.15, -0.1) is 0 Å². The third kappa shape index (κ3) is 3.25. The minimum absolute atomic E-state index is 0.107. The van der Waals surface area contributed by atoms with Crippen molar-refractivity contribution in [3.8, 4) is 5.75 Å². The molecule has 2 N–H and O–H groups in total. The number of benzene rings is 1. The van der Waals surface area contributed by atoms with Crippen LogP contribution in [0.2, 0.25) is 10.0 Å². The molecule has 0 aliphatic rings. The van der Waals surface area contributed by atoms with Crippen molar-refractivity contribution in [2.24, 2.45) is 0 Å². The molecular weight excluding hydrogens is 318 g/mol. The number of nitrogen functional groups attached to an aromatic ring is 1. The fourth-order valence-electron chi connectivity index (χ4n) is 1.79. The SMILES string of the molecule is CC(Oc1cc(C=O)cnc1N)c1c(Cl)ccc(F)c1Cl. The molecule has 0 radical (unpaired) electrons. The highest BCUT2D eigenvalue weighted by atomic mass is 35.5. The van der Waals surface area contributed by atoms with Gasteiger partial charge in [0.2, 0.25) is 0 Å². The van der Waals surface area contributed by atoms with Crippen molar-refractivity contribution in [3.05, 3.63) is 51.4 Å². The average Bonchev–Trinajstić information content (AvgIpc) is 2.46. The second-order valence-electron chi connectivity index (χ2n) is 4.29. The van der Waals surface area contributed by atoms with Crippen molar-refractivity contribution >= 4 is 35.3 Å². The molecule has 0 aliphatic heterocycles. The number of pyridine rings is 1. The Hall–Kier alpha value is -1.85. The summed E-state index contributed by atoms with van der Waals surface area (Å²) in [4.78, 5) is 14.6. The van der Waals surface area contributed by atoms with Crippen molar-refractivity contribution in [3.63, 3.8) is 0 Å². The van der Waals surface area contributed by atoms with Gasteiger partial charge in [0.25, 0.3) is 0 Å². The quantitative estimate of drug-likeness (QED) is 0.678. The van der Waals surface area contributed by atoms with E-state index < -0.39 is 11.9 Å². The first kappa shape index (κ1) is 15.5. The standard InChI is InChI=1S/C14H11Cl2FN2O2/c1-7(12-9(15)2-3-10(17)13(12)16)21-11-4-8(6-20)5-19-14(11)18/h2-7H,1H3,(H2,18,19). The van der Waals surface area contributed by atoms with Crippen LogP contribution >= 0.6 is 23.2 Å². The lowest BCUT2D eigenvalue weighted by Crippen LogP contribution is -2.08. The molecule has 1 aromatic heterocycles. The van der Waals surface area contributed by atoms with Gasteiger partial charge in [0.05, 0.1) is 5.02 Å². The second-order valence-corrected chi connectivity index (χ2v) is 5.07. The molecule has 4 nitrogen and oxygen atoms in total. The zero-order chi connectivity index (χ0) is 15.6. The Morgan fingerprint density at radius 3 is 2.81 bits per heavy atom. The largest absolute Gasteiger partial charge is 0.482 e. The van der Waals surface area contributed by atoms with Gasteiger partial charge in [-0.2, -0.15) is 0 Å². The van der Waals surface area contributed by atoms with E-state index in [9.17, 15) is 9.18 Å². The van der Waals surface area contributed by atoms with E-state index in [-0.39, 0.29) is 21.6 Å². The van der Waals surface area contributed by atoms with E-state index in [1.807, 2.05) is 0 Å². The summed E-state index contributed by atoms with van der Waals surface area (Å²) in [5.74, 6) is -0.293. The van der Waals surface area contributed by atoms with Gasteiger partial charge in [-0.3, -0.25) is 4.79 Å². The predicted octanol–water partition coefficient (Wildman–Crippen LogP) is 4.06. The first-order chi connectivity index (χ1) is 9.93. The molecular formula is C14H11Cl2FN2O2. The molecule has 0 saturated heterocycles. The number of anilines is 1.